The summed E-state index contributed by atoms with van der Waals surface area (Å²) in [5.74, 6) is 0.250. The van der Waals surface area contributed by atoms with E-state index in [1.165, 1.54) is 5.56 Å². The lowest BCUT2D eigenvalue weighted by Crippen LogP contribution is -2.34. The fraction of sp³-hybridized carbons (Fsp3) is 0.182. The summed E-state index contributed by atoms with van der Waals surface area (Å²) in [6.45, 7) is 4.37. The van der Waals surface area contributed by atoms with Crippen LogP contribution < -0.4 is 10.6 Å². The zero-order valence-corrected chi connectivity index (χ0v) is 16.8. The Morgan fingerprint density at radius 1 is 1.04 bits per heavy atom. The maximum absolute atomic E-state index is 12.7. The molecule has 1 atom stereocenters. The fourth-order valence-corrected chi connectivity index (χ4v) is 3.38. The minimum absolute atomic E-state index is 0.260. The molecule has 3 aromatic carbocycles. The molecule has 0 aliphatic carbocycles. The van der Waals surface area contributed by atoms with Crippen molar-refractivity contribution in [3.63, 3.8) is 0 Å². The molecule has 0 aliphatic rings. The van der Waals surface area contributed by atoms with Gasteiger partial charge in [0.25, 0.3) is 5.91 Å². The lowest BCUT2D eigenvalue weighted by Gasteiger charge is -2.13. The Morgan fingerprint density at radius 3 is 2.41 bits per heavy atom. The third kappa shape index (κ3) is 4.46. The van der Waals surface area contributed by atoms with Crippen LogP contribution in [-0.4, -0.2) is 11.0 Å². The van der Waals surface area contributed by atoms with Crippen LogP contribution in [0.5, 0.6) is 0 Å². The average molecular weight is 397 g/mol. The summed E-state index contributed by atoms with van der Waals surface area (Å²) in [6, 6.07) is 19.1. The summed E-state index contributed by atoms with van der Waals surface area (Å²) >= 11 is 11.5. The van der Waals surface area contributed by atoms with Crippen molar-refractivity contribution < 1.29 is 4.79 Å². The van der Waals surface area contributed by atoms with Crippen LogP contribution in [0.25, 0.3) is 10.8 Å². The molecule has 0 radical (unpaired) electrons. The molecule has 0 spiro atoms. The van der Waals surface area contributed by atoms with Gasteiger partial charge in [0.05, 0.1) is 0 Å². The first-order valence-corrected chi connectivity index (χ1v) is 9.67. The number of amides is 1. The van der Waals surface area contributed by atoms with E-state index in [1.54, 1.807) is 12.1 Å². The lowest BCUT2D eigenvalue weighted by atomic mass is 9.99. The number of thiocarbonyl (C=S) groups is 1. The summed E-state index contributed by atoms with van der Waals surface area (Å²) in [5, 5.41) is 8.31. The molecule has 0 aromatic heterocycles. The number of carbonyl (C=O) groups is 1. The van der Waals surface area contributed by atoms with E-state index in [9.17, 15) is 4.79 Å². The topological polar surface area (TPSA) is 41.1 Å². The monoisotopic (exact) mass is 396 g/mol. The lowest BCUT2D eigenvalue weighted by molar-refractivity contribution is 0.0979. The maximum atomic E-state index is 12.7. The van der Waals surface area contributed by atoms with Crippen LogP contribution in [-0.2, 0) is 0 Å². The second-order valence-corrected chi connectivity index (χ2v) is 7.30. The molecule has 0 saturated heterocycles. The summed E-state index contributed by atoms with van der Waals surface area (Å²) < 4.78 is 0. The third-order valence-electron chi connectivity index (χ3n) is 4.69. The smallest absolute Gasteiger partial charge is 0.258 e. The second kappa shape index (κ2) is 8.51. The Bertz CT molecular complexity index is 985. The number of anilines is 1. The van der Waals surface area contributed by atoms with E-state index in [4.69, 9.17) is 23.8 Å². The number of nitrogens with one attached hydrogen (secondary N) is 2. The molecule has 0 saturated carbocycles. The largest absolute Gasteiger partial charge is 0.332 e. The number of fused-ring (bicyclic) bond motifs is 1. The Hall–Kier alpha value is -2.43. The zero-order valence-electron chi connectivity index (χ0n) is 15.3. The van der Waals surface area contributed by atoms with E-state index in [0.29, 0.717) is 16.5 Å². The van der Waals surface area contributed by atoms with Crippen LogP contribution in [0.4, 0.5) is 5.69 Å². The van der Waals surface area contributed by atoms with Crippen molar-refractivity contribution in [1.82, 2.24) is 5.32 Å². The molecular weight excluding hydrogens is 376 g/mol. The highest BCUT2D eigenvalue weighted by Crippen LogP contribution is 2.26. The van der Waals surface area contributed by atoms with E-state index in [-0.39, 0.29) is 11.0 Å². The fourth-order valence-electron chi connectivity index (χ4n) is 2.93. The van der Waals surface area contributed by atoms with Crippen molar-refractivity contribution in [2.75, 3.05) is 5.32 Å². The van der Waals surface area contributed by atoms with Crippen LogP contribution in [0, 0.1) is 0 Å². The van der Waals surface area contributed by atoms with Crippen LogP contribution in [0.15, 0.2) is 60.7 Å². The molecule has 138 valence electrons. The molecule has 3 nitrogen and oxygen atoms in total. The summed E-state index contributed by atoms with van der Waals surface area (Å²) in [5.41, 5.74) is 2.66. The van der Waals surface area contributed by atoms with E-state index < -0.39 is 0 Å². The highest BCUT2D eigenvalue weighted by Gasteiger charge is 2.13. The predicted octanol–water partition coefficient (Wildman–Crippen LogP) is 6.13. The van der Waals surface area contributed by atoms with Gasteiger partial charge in [-0.1, -0.05) is 61.8 Å². The molecule has 0 bridgehead atoms. The second-order valence-electron chi connectivity index (χ2n) is 6.48. The van der Waals surface area contributed by atoms with E-state index in [2.05, 4.69) is 36.6 Å². The van der Waals surface area contributed by atoms with Gasteiger partial charge in [-0.05, 0) is 59.8 Å². The van der Waals surface area contributed by atoms with Crippen molar-refractivity contribution >= 4 is 51.3 Å². The molecule has 3 rings (SSSR count). The molecule has 5 heteroatoms. The van der Waals surface area contributed by atoms with Crippen molar-refractivity contribution in [1.29, 1.82) is 0 Å². The minimum atomic E-state index is -0.267. The number of benzene rings is 3. The van der Waals surface area contributed by atoms with Crippen LogP contribution in [0.2, 0.25) is 5.02 Å². The van der Waals surface area contributed by atoms with Crippen LogP contribution >= 0.6 is 23.8 Å². The zero-order chi connectivity index (χ0) is 19.4. The highest BCUT2D eigenvalue weighted by atomic mass is 35.5. The van der Waals surface area contributed by atoms with Crippen molar-refractivity contribution in [3.05, 3.63) is 76.8 Å². The van der Waals surface area contributed by atoms with Gasteiger partial charge in [-0.2, -0.15) is 0 Å². The average Bonchev–Trinajstić information content (AvgIpc) is 2.67. The van der Waals surface area contributed by atoms with Gasteiger partial charge < -0.3 is 5.32 Å². The number of rotatable bonds is 4. The SMILES string of the molecule is CC[C@@H](C)c1ccc(NC(=S)NC(=O)c2cccc3c(Cl)cccc23)cc1. The van der Waals surface area contributed by atoms with Crippen LogP contribution in [0.3, 0.4) is 0 Å². The van der Waals surface area contributed by atoms with Gasteiger partial charge >= 0.3 is 0 Å². The molecule has 3 aromatic rings. The van der Waals surface area contributed by atoms with E-state index >= 15 is 0 Å². The van der Waals surface area contributed by atoms with Gasteiger partial charge in [0, 0.05) is 21.7 Å². The summed E-state index contributed by atoms with van der Waals surface area (Å²) in [4.78, 5) is 12.7. The Kier molecular flexibility index (Phi) is 6.09. The summed E-state index contributed by atoms with van der Waals surface area (Å²) in [7, 11) is 0. The van der Waals surface area contributed by atoms with Crippen molar-refractivity contribution in [3.8, 4) is 0 Å². The number of carbonyl (C=O) groups excluding carboxylic acids is 1. The number of hydrogen-bond acceptors (Lipinski definition) is 2. The van der Waals surface area contributed by atoms with E-state index in [1.807, 2.05) is 36.4 Å². The van der Waals surface area contributed by atoms with Crippen molar-refractivity contribution in [2.45, 2.75) is 26.2 Å². The van der Waals surface area contributed by atoms with Gasteiger partial charge in [-0.25, -0.2) is 0 Å². The molecule has 0 unspecified atom stereocenters. The Labute approximate surface area is 169 Å². The molecule has 2 N–H and O–H groups in total. The molecular formula is C22H21ClN2OS. The Morgan fingerprint density at radius 2 is 1.70 bits per heavy atom. The molecule has 0 fully saturated rings. The first-order valence-electron chi connectivity index (χ1n) is 8.89. The van der Waals surface area contributed by atoms with Gasteiger partial charge in [-0.15, -0.1) is 0 Å². The standard InChI is InChI=1S/C22H21ClN2OS/c1-3-14(2)15-10-12-16(13-11-15)24-22(27)25-21(26)19-8-4-7-18-17(19)6-5-9-20(18)23/h4-14H,3H2,1-2H3,(H2,24,25,26,27)/t14-/m1/s1. The highest BCUT2D eigenvalue weighted by molar-refractivity contribution is 7.80. The maximum Gasteiger partial charge on any atom is 0.258 e. The van der Waals surface area contributed by atoms with Gasteiger partial charge in [-0.3, -0.25) is 10.1 Å². The van der Waals surface area contributed by atoms with Crippen molar-refractivity contribution in [2.24, 2.45) is 0 Å². The number of halogens is 1. The van der Waals surface area contributed by atoms with Gasteiger partial charge in [0.15, 0.2) is 5.11 Å². The summed E-state index contributed by atoms with van der Waals surface area (Å²) in [6.07, 6.45) is 1.09. The van der Waals surface area contributed by atoms with E-state index in [0.717, 1.165) is 22.9 Å². The quantitative estimate of drug-likeness (QED) is 0.521. The predicted molar refractivity (Wildman–Crippen MR) is 118 cm³/mol. The van der Waals surface area contributed by atoms with Gasteiger partial charge in [0.2, 0.25) is 0 Å². The molecule has 0 heterocycles. The normalized spacial score (nSPS) is 11.8. The number of hydrogen-bond donors (Lipinski definition) is 2. The first kappa shape index (κ1) is 19.3. The third-order valence-corrected chi connectivity index (χ3v) is 5.22. The van der Waals surface area contributed by atoms with Crippen LogP contribution in [0.1, 0.15) is 42.1 Å². The van der Waals surface area contributed by atoms with Gasteiger partial charge in [0.1, 0.15) is 0 Å². The molecule has 0 aliphatic heterocycles. The minimum Gasteiger partial charge on any atom is -0.332 e. The Balaban J connectivity index is 1.71. The molecule has 1 amide bonds. The molecule has 27 heavy (non-hydrogen) atoms. The first-order chi connectivity index (χ1) is 13.0.